The number of nitrogens with zero attached hydrogens (tertiary/aromatic N) is 2. The van der Waals surface area contributed by atoms with E-state index >= 15 is 0 Å². The van der Waals surface area contributed by atoms with Gasteiger partial charge in [-0.05, 0) is 75.8 Å². The molecule has 0 unspecified atom stereocenters. The number of hydrogen-bond donors (Lipinski definition) is 2. The highest BCUT2D eigenvalue weighted by molar-refractivity contribution is 7.89. The lowest BCUT2D eigenvalue weighted by Crippen LogP contribution is -2.48. The summed E-state index contributed by atoms with van der Waals surface area (Å²) >= 11 is 1.32. The van der Waals surface area contributed by atoms with Crippen molar-refractivity contribution < 1.29 is 27.5 Å². The number of methoxy groups -OCH3 is 1. The second kappa shape index (κ2) is 14.1. The summed E-state index contributed by atoms with van der Waals surface area (Å²) in [7, 11) is -2.56. The molecule has 2 aliphatic carbocycles. The van der Waals surface area contributed by atoms with Crippen LogP contribution in [-0.2, 0) is 27.7 Å². The van der Waals surface area contributed by atoms with Crippen molar-refractivity contribution >= 4 is 44.3 Å². The topological polar surface area (TPSA) is 125 Å². The highest BCUT2D eigenvalue weighted by Gasteiger charge is 2.38. The Kier molecular flexibility index (Phi) is 10.4. The van der Waals surface area contributed by atoms with Gasteiger partial charge in [0.1, 0.15) is 5.00 Å². The zero-order valence-electron chi connectivity index (χ0n) is 25.9. The smallest absolute Gasteiger partial charge is 0.413 e. The largest absolute Gasteiger partial charge is 0.453 e. The third-order valence-corrected chi connectivity index (χ3v) is 12.4. The molecular formula is C32H44N4O6S2. The number of hydrogen-bond acceptors (Lipinski definition) is 8. The number of fused-ring (bicyclic) bond motifs is 1. The van der Waals surface area contributed by atoms with Gasteiger partial charge in [-0.15, -0.1) is 11.3 Å². The van der Waals surface area contributed by atoms with E-state index in [4.69, 9.17) is 0 Å². The van der Waals surface area contributed by atoms with Crippen molar-refractivity contribution in [2.75, 3.05) is 19.0 Å². The van der Waals surface area contributed by atoms with E-state index in [1.165, 1.54) is 42.7 Å². The monoisotopic (exact) mass is 644 g/mol. The number of benzene rings is 1. The second-order valence-electron chi connectivity index (χ2n) is 12.4. The fourth-order valence-corrected chi connectivity index (χ4v) is 10.0. The first-order valence-corrected chi connectivity index (χ1v) is 18.1. The Morgan fingerprint density at radius 1 is 0.932 bits per heavy atom. The van der Waals surface area contributed by atoms with Crippen LogP contribution in [0.3, 0.4) is 0 Å². The first-order chi connectivity index (χ1) is 21.1. The van der Waals surface area contributed by atoms with E-state index in [1.54, 1.807) is 0 Å². The van der Waals surface area contributed by atoms with Crippen molar-refractivity contribution in [2.24, 2.45) is 0 Å². The lowest BCUT2D eigenvalue weighted by atomic mass is 9.91. The molecular weight excluding hydrogens is 601 g/mol. The number of nitrogens with one attached hydrogen (secondary N) is 2. The Labute approximate surface area is 264 Å². The molecule has 1 aliphatic heterocycles. The summed E-state index contributed by atoms with van der Waals surface area (Å²) in [6, 6.07) is 6.46. The average molecular weight is 645 g/mol. The minimum absolute atomic E-state index is 0.0193. The van der Waals surface area contributed by atoms with E-state index in [-0.39, 0.29) is 28.1 Å². The van der Waals surface area contributed by atoms with Crippen LogP contribution in [0.2, 0.25) is 0 Å². The zero-order valence-corrected chi connectivity index (χ0v) is 27.5. The molecule has 12 heteroatoms. The predicted octanol–water partition coefficient (Wildman–Crippen LogP) is 5.92. The number of imide groups is 1. The van der Waals surface area contributed by atoms with Gasteiger partial charge in [0.05, 0.1) is 17.6 Å². The Morgan fingerprint density at radius 3 is 2.07 bits per heavy atom. The highest BCUT2D eigenvalue weighted by Crippen LogP contribution is 2.38. The van der Waals surface area contributed by atoms with Gasteiger partial charge < -0.3 is 10.1 Å². The van der Waals surface area contributed by atoms with Gasteiger partial charge in [-0.25, -0.2) is 13.2 Å². The van der Waals surface area contributed by atoms with Crippen molar-refractivity contribution in [1.29, 1.82) is 0 Å². The molecule has 3 aliphatic rings. The number of thiophene rings is 1. The molecule has 5 rings (SSSR count). The average Bonchev–Trinajstić information content (AvgIpc) is 3.39. The molecule has 3 amide bonds. The number of alkyl carbamates (subject to hydrolysis) is 1. The summed E-state index contributed by atoms with van der Waals surface area (Å²) in [5.41, 5.74) is 1.36. The van der Waals surface area contributed by atoms with Crippen molar-refractivity contribution in [2.45, 2.75) is 114 Å². The molecule has 240 valence electrons. The maximum atomic E-state index is 14.1. The van der Waals surface area contributed by atoms with Crippen molar-refractivity contribution in [3.8, 4) is 0 Å². The normalized spacial score (nSPS) is 18.7. The molecule has 0 atom stereocenters. The summed E-state index contributed by atoms with van der Waals surface area (Å²) < 4.78 is 34.6. The first-order valence-electron chi connectivity index (χ1n) is 15.8. The molecule has 0 radical (unpaired) electrons. The minimum atomic E-state index is -3.75. The van der Waals surface area contributed by atoms with E-state index in [1.807, 2.05) is 4.31 Å². The van der Waals surface area contributed by atoms with Crippen LogP contribution in [0.4, 0.5) is 9.80 Å². The van der Waals surface area contributed by atoms with Crippen molar-refractivity contribution in [3.05, 3.63) is 45.8 Å². The number of amides is 3. The molecule has 2 heterocycles. The molecule has 0 bridgehead atoms. The molecule has 44 heavy (non-hydrogen) atoms. The molecule has 2 saturated carbocycles. The second-order valence-corrected chi connectivity index (χ2v) is 15.3. The third-order valence-electron chi connectivity index (χ3n) is 9.23. The summed E-state index contributed by atoms with van der Waals surface area (Å²) in [4.78, 5) is 41.9. The Morgan fingerprint density at radius 2 is 1.52 bits per heavy atom. The minimum Gasteiger partial charge on any atom is -0.453 e. The quantitative estimate of drug-likeness (QED) is 0.366. The number of rotatable bonds is 8. The van der Waals surface area contributed by atoms with Crippen LogP contribution in [0.25, 0.3) is 0 Å². The number of sulfonamides is 1. The summed E-state index contributed by atoms with van der Waals surface area (Å²) in [5, 5.41) is 5.45. The molecule has 2 aromatic rings. The fourth-order valence-electron chi connectivity index (χ4n) is 6.84. The lowest BCUT2D eigenvalue weighted by Gasteiger charge is -2.40. The Bertz CT molecular complexity index is 1440. The van der Waals surface area contributed by atoms with Crippen LogP contribution >= 0.6 is 11.3 Å². The van der Waals surface area contributed by atoms with Gasteiger partial charge in [-0.3, -0.25) is 19.8 Å². The zero-order chi connectivity index (χ0) is 31.4. The molecule has 2 N–H and O–H groups in total. The summed E-state index contributed by atoms with van der Waals surface area (Å²) in [6.07, 6.45) is 9.77. The van der Waals surface area contributed by atoms with E-state index in [2.05, 4.69) is 34.1 Å². The van der Waals surface area contributed by atoms with Crippen LogP contribution in [-0.4, -0.2) is 67.3 Å². The van der Waals surface area contributed by atoms with Crippen LogP contribution in [0.15, 0.2) is 29.2 Å². The maximum Gasteiger partial charge on any atom is 0.413 e. The van der Waals surface area contributed by atoms with E-state index in [0.29, 0.717) is 24.0 Å². The molecule has 2 fully saturated rings. The van der Waals surface area contributed by atoms with Crippen LogP contribution < -0.4 is 10.6 Å². The van der Waals surface area contributed by atoms with Crippen LogP contribution in [0, 0.1) is 0 Å². The third kappa shape index (κ3) is 7.03. The summed E-state index contributed by atoms with van der Waals surface area (Å²) in [6.45, 7) is 5.61. The van der Waals surface area contributed by atoms with E-state index in [9.17, 15) is 22.8 Å². The van der Waals surface area contributed by atoms with E-state index in [0.717, 1.165) is 81.2 Å². The highest BCUT2D eigenvalue weighted by atomic mass is 32.2. The van der Waals surface area contributed by atoms with Crippen LogP contribution in [0.1, 0.15) is 109 Å². The number of carbonyl (C=O) groups excluding carboxylic acids is 3. The molecule has 0 spiro atoms. The van der Waals surface area contributed by atoms with Crippen LogP contribution in [0.5, 0.6) is 0 Å². The molecule has 1 aromatic carbocycles. The van der Waals surface area contributed by atoms with E-state index < -0.39 is 27.9 Å². The van der Waals surface area contributed by atoms with Gasteiger partial charge in [0.15, 0.2) is 0 Å². The van der Waals surface area contributed by atoms with Gasteiger partial charge in [0.25, 0.3) is 11.8 Å². The standard InChI is InChI=1S/C32H44N4O6S2/c1-21(2)35-19-18-26-27(20-35)43-31(28(26)30(38)34-32(39)42-3)33-29(37)22-14-16-25(17-15-22)44(40,41)36(23-10-6-4-7-11-23)24-12-8-5-9-13-24/h14-17,21,23-24H,4-13,18-20H2,1-3H3,(H,33,37)(H,34,38,39). The molecule has 1 aromatic heterocycles. The van der Waals surface area contributed by atoms with Gasteiger partial charge >= 0.3 is 6.09 Å². The summed E-state index contributed by atoms with van der Waals surface area (Å²) in [5.74, 6) is -1.09. The maximum absolute atomic E-state index is 14.1. The van der Waals surface area contributed by atoms with Crippen molar-refractivity contribution in [3.63, 3.8) is 0 Å². The van der Waals surface area contributed by atoms with Gasteiger partial charge in [0.2, 0.25) is 10.0 Å². The predicted molar refractivity (Wildman–Crippen MR) is 171 cm³/mol. The number of carbonyl (C=O) groups is 3. The first kappa shape index (κ1) is 32.6. The van der Waals surface area contributed by atoms with Gasteiger partial charge in [-0.2, -0.15) is 4.31 Å². The lowest BCUT2D eigenvalue weighted by molar-refractivity contribution is 0.0936. The van der Waals surface area contributed by atoms with Crippen molar-refractivity contribution in [1.82, 2.24) is 14.5 Å². The Hall–Kier alpha value is -2.80. The van der Waals surface area contributed by atoms with Gasteiger partial charge in [-0.1, -0.05) is 38.5 Å². The molecule has 0 saturated heterocycles. The SMILES string of the molecule is COC(=O)NC(=O)c1c(NC(=O)c2ccc(S(=O)(=O)N(C3CCCCC3)C3CCCCC3)cc2)sc2c1CCN(C(C)C)C2. The number of anilines is 1. The number of ether oxygens (including phenoxy) is 1. The Balaban J connectivity index is 1.38. The fraction of sp³-hybridized carbons (Fsp3) is 0.594. The van der Waals surface area contributed by atoms with Gasteiger partial charge in [0, 0.05) is 41.7 Å². The molecule has 10 nitrogen and oxygen atoms in total.